The van der Waals surface area contributed by atoms with E-state index in [2.05, 4.69) is 55.7 Å². The van der Waals surface area contributed by atoms with Crippen molar-refractivity contribution in [1.82, 2.24) is 10.6 Å². The highest BCUT2D eigenvalue weighted by Gasteiger charge is 2.33. The number of nitrogens with one attached hydrogen (secondary N) is 2. The van der Waals surface area contributed by atoms with Crippen LogP contribution in [0.2, 0.25) is 0 Å². The molecule has 2 N–H and O–H groups in total. The molecule has 1 heterocycles. The molecule has 1 aromatic rings. The molecular weight excluding hydrogens is 284 g/mol. The van der Waals surface area contributed by atoms with Gasteiger partial charge in [0.1, 0.15) is 0 Å². The second-order valence-electron chi connectivity index (χ2n) is 6.25. The molecule has 118 valence electrons. The number of carbonyl (C=O) groups is 1. The Hall–Kier alpha value is -1.06. The molecule has 3 nitrogen and oxygen atoms in total. The van der Waals surface area contributed by atoms with Crippen LogP contribution in [0.25, 0.3) is 0 Å². The lowest BCUT2D eigenvalue weighted by molar-refractivity contribution is -0.125. The van der Waals surface area contributed by atoms with Crippen molar-refractivity contribution in [3.63, 3.8) is 0 Å². The average Bonchev–Trinajstić information content (AvgIpc) is 2.99. The van der Waals surface area contributed by atoms with E-state index in [1.165, 1.54) is 5.56 Å². The lowest BCUT2D eigenvalue weighted by Gasteiger charge is -2.35. The Morgan fingerprint density at radius 2 is 2.05 bits per heavy atom. The Kier molecular flexibility index (Phi) is 6.69. The van der Waals surface area contributed by atoms with Gasteiger partial charge in [-0.25, -0.2) is 0 Å². The van der Waals surface area contributed by atoms with Gasteiger partial charge >= 0.3 is 0 Å². The zero-order valence-corrected chi connectivity index (χ0v) is 14.0. The molecule has 0 radical (unpaired) electrons. The summed E-state index contributed by atoms with van der Waals surface area (Å²) in [5.74, 6) is 0.335. The van der Waals surface area contributed by atoms with E-state index >= 15 is 0 Å². The van der Waals surface area contributed by atoms with E-state index in [-0.39, 0.29) is 35.7 Å². The van der Waals surface area contributed by atoms with E-state index in [0.29, 0.717) is 0 Å². The molecule has 1 aliphatic rings. The van der Waals surface area contributed by atoms with Crippen molar-refractivity contribution in [3.05, 3.63) is 35.9 Å². The van der Waals surface area contributed by atoms with Gasteiger partial charge in [-0.3, -0.25) is 4.79 Å². The third-order valence-corrected chi connectivity index (χ3v) is 4.54. The van der Waals surface area contributed by atoms with Crippen LogP contribution < -0.4 is 10.6 Å². The zero-order valence-electron chi connectivity index (χ0n) is 13.2. The third-order valence-electron chi connectivity index (χ3n) is 4.54. The van der Waals surface area contributed by atoms with Crippen molar-refractivity contribution < 1.29 is 4.79 Å². The maximum atomic E-state index is 12.3. The van der Waals surface area contributed by atoms with Gasteiger partial charge < -0.3 is 10.6 Å². The Bertz CT molecular complexity index is 441. The summed E-state index contributed by atoms with van der Waals surface area (Å²) >= 11 is 0. The van der Waals surface area contributed by atoms with Crippen LogP contribution in [0.4, 0.5) is 0 Å². The fourth-order valence-electron chi connectivity index (χ4n) is 3.03. The maximum absolute atomic E-state index is 12.3. The van der Waals surface area contributed by atoms with Crippen LogP contribution >= 0.6 is 12.4 Å². The van der Waals surface area contributed by atoms with Crippen molar-refractivity contribution in [2.75, 3.05) is 13.1 Å². The fraction of sp³-hybridized carbons (Fsp3) is 0.588. The SMILES string of the molecule is CCC(NC(=O)C1CCNC1)C(C)(C)c1ccccc1.Cl. The van der Waals surface area contributed by atoms with E-state index in [1.54, 1.807) is 0 Å². The highest BCUT2D eigenvalue weighted by atomic mass is 35.5. The largest absolute Gasteiger partial charge is 0.352 e. The second-order valence-corrected chi connectivity index (χ2v) is 6.25. The van der Waals surface area contributed by atoms with Crippen LogP contribution in [0.3, 0.4) is 0 Å². The Morgan fingerprint density at radius 1 is 1.38 bits per heavy atom. The van der Waals surface area contributed by atoms with E-state index < -0.39 is 0 Å². The predicted octanol–water partition coefficient (Wildman–Crippen LogP) is 2.89. The van der Waals surface area contributed by atoms with E-state index in [9.17, 15) is 4.79 Å². The minimum absolute atomic E-state index is 0. The van der Waals surface area contributed by atoms with Gasteiger partial charge in [0, 0.05) is 18.0 Å². The van der Waals surface area contributed by atoms with E-state index in [1.807, 2.05) is 6.07 Å². The molecule has 1 aromatic carbocycles. The molecule has 2 rings (SSSR count). The second kappa shape index (κ2) is 7.81. The predicted molar refractivity (Wildman–Crippen MR) is 89.9 cm³/mol. The Labute approximate surface area is 134 Å². The highest BCUT2D eigenvalue weighted by molar-refractivity contribution is 5.85. The number of halogens is 1. The molecule has 0 aromatic heterocycles. The van der Waals surface area contributed by atoms with Gasteiger partial charge in [0.25, 0.3) is 0 Å². The van der Waals surface area contributed by atoms with Crippen molar-refractivity contribution >= 4 is 18.3 Å². The smallest absolute Gasteiger partial charge is 0.224 e. The zero-order chi connectivity index (χ0) is 14.6. The highest BCUT2D eigenvalue weighted by Crippen LogP contribution is 2.29. The number of rotatable bonds is 5. The molecule has 2 unspecified atom stereocenters. The summed E-state index contributed by atoms with van der Waals surface area (Å²) in [7, 11) is 0. The summed E-state index contributed by atoms with van der Waals surface area (Å²) in [4.78, 5) is 12.3. The maximum Gasteiger partial charge on any atom is 0.224 e. The summed E-state index contributed by atoms with van der Waals surface area (Å²) < 4.78 is 0. The van der Waals surface area contributed by atoms with Gasteiger partial charge in [-0.1, -0.05) is 51.1 Å². The summed E-state index contributed by atoms with van der Waals surface area (Å²) in [5.41, 5.74) is 1.22. The van der Waals surface area contributed by atoms with Crippen molar-refractivity contribution in [1.29, 1.82) is 0 Å². The van der Waals surface area contributed by atoms with Gasteiger partial charge in [0.05, 0.1) is 5.92 Å². The number of hydrogen-bond acceptors (Lipinski definition) is 2. The average molecular weight is 311 g/mol. The molecule has 21 heavy (non-hydrogen) atoms. The molecule has 1 saturated heterocycles. The van der Waals surface area contributed by atoms with Gasteiger partial charge in [-0.15, -0.1) is 12.4 Å². The molecule has 1 aliphatic heterocycles. The first-order valence-electron chi connectivity index (χ1n) is 7.62. The van der Waals surface area contributed by atoms with Crippen molar-refractivity contribution in [2.45, 2.75) is 45.1 Å². The number of carbonyl (C=O) groups excluding carboxylic acids is 1. The molecule has 0 saturated carbocycles. The standard InChI is InChI=1S/C17H26N2O.ClH/c1-4-15(19-16(20)13-10-11-18-12-13)17(2,3)14-8-6-5-7-9-14;/h5-9,13,15,18H,4,10-12H2,1-3H3,(H,19,20);1H. The van der Waals surface area contributed by atoms with Crippen LogP contribution in [0.1, 0.15) is 39.2 Å². The molecule has 0 bridgehead atoms. The number of amides is 1. The van der Waals surface area contributed by atoms with Crippen LogP contribution in [0.5, 0.6) is 0 Å². The molecule has 0 aliphatic carbocycles. The van der Waals surface area contributed by atoms with Gasteiger partial charge in [0.15, 0.2) is 0 Å². The minimum atomic E-state index is -0.0578. The topological polar surface area (TPSA) is 41.1 Å². The third kappa shape index (κ3) is 4.21. The van der Waals surface area contributed by atoms with E-state index in [4.69, 9.17) is 0 Å². The Morgan fingerprint density at radius 3 is 2.57 bits per heavy atom. The van der Waals surface area contributed by atoms with E-state index in [0.717, 1.165) is 25.9 Å². The van der Waals surface area contributed by atoms with Gasteiger partial charge in [-0.2, -0.15) is 0 Å². The first-order chi connectivity index (χ1) is 9.55. The summed E-state index contributed by atoms with van der Waals surface area (Å²) in [6.45, 7) is 8.33. The summed E-state index contributed by atoms with van der Waals surface area (Å²) in [5, 5.41) is 6.52. The van der Waals surface area contributed by atoms with Crippen LogP contribution in [0.15, 0.2) is 30.3 Å². The molecule has 0 spiro atoms. The Balaban J connectivity index is 0.00000220. The minimum Gasteiger partial charge on any atom is -0.352 e. The number of hydrogen-bond donors (Lipinski definition) is 2. The van der Waals surface area contributed by atoms with Crippen LogP contribution in [-0.4, -0.2) is 25.0 Å². The molecule has 2 atom stereocenters. The van der Waals surface area contributed by atoms with Crippen molar-refractivity contribution in [3.8, 4) is 0 Å². The number of benzene rings is 1. The molecule has 4 heteroatoms. The first kappa shape index (κ1) is 18.0. The first-order valence-corrected chi connectivity index (χ1v) is 7.62. The normalized spacial score (nSPS) is 19.7. The van der Waals surface area contributed by atoms with Gasteiger partial charge in [0.2, 0.25) is 5.91 Å². The van der Waals surface area contributed by atoms with Crippen LogP contribution in [-0.2, 0) is 10.2 Å². The van der Waals surface area contributed by atoms with Crippen molar-refractivity contribution in [2.24, 2.45) is 5.92 Å². The molecule has 1 amide bonds. The lowest BCUT2D eigenvalue weighted by atomic mass is 9.76. The summed E-state index contributed by atoms with van der Waals surface area (Å²) in [6, 6.07) is 10.6. The quantitative estimate of drug-likeness (QED) is 0.878. The fourth-order valence-corrected chi connectivity index (χ4v) is 3.03. The van der Waals surface area contributed by atoms with Crippen LogP contribution in [0, 0.1) is 5.92 Å². The molecular formula is C17H27ClN2O. The monoisotopic (exact) mass is 310 g/mol. The van der Waals surface area contributed by atoms with Gasteiger partial charge in [-0.05, 0) is 24.9 Å². The lowest BCUT2D eigenvalue weighted by Crippen LogP contribution is -2.49. The molecule has 1 fully saturated rings. The summed E-state index contributed by atoms with van der Waals surface area (Å²) in [6.07, 6.45) is 1.89.